The van der Waals surface area contributed by atoms with Crippen molar-refractivity contribution in [1.29, 1.82) is 0 Å². The van der Waals surface area contributed by atoms with E-state index in [0.29, 0.717) is 19.8 Å². The van der Waals surface area contributed by atoms with Gasteiger partial charge in [-0.15, -0.1) is 0 Å². The van der Waals surface area contributed by atoms with Crippen LogP contribution in [0.15, 0.2) is 0 Å². The molecule has 2 N–H and O–H groups in total. The van der Waals surface area contributed by atoms with E-state index in [4.69, 9.17) is 9.47 Å². The summed E-state index contributed by atoms with van der Waals surface area (Å²) < 4.78 is 10.5. The summed E-state index contributed by atoms with van der Waals surface area (Å²) in [5.74, 6) is 0.0205. The zero-order valence-electron chi connectivity index (χ0n) is 12.6. The number of carbonyl (C=O) groups excluding carboxylic acids is 1. The highest BCUT2D eigenvalue weighted by atomic mass is 16.5. The Morgan fingerprint density at radius 3 is 2.79 bits per heavy atom. The van der Waals surface area contributed by atoms with Crippen LogP contribution in [0.4, 0.5) is 0 Å². The molecule has 5 heteroatoms. The van der Waals surface area contributed by atoms with Crippen LogP contribution in [0.3, 0.4) is 0 Å². The Balaban J connectivity index is 2.37. The fraction of sp³-hybridized carbons (Fsp3) is 0.929. The summed E-state index contributed by atoms with van der Waals surface area (Å²) in [6.45, 7) is 9.71. The number of carbonyl (C=O) groups is 1. The largest absolute Gasteiger partial charge is 0.385 e. The lowest BCUT2D eigenvalue weighted by atomic mass is 9.89. The first-order valence-corrected chi connectivity index (χ1v) is 7.08. The van der Waals surface area contributed by atoms with Crippen molar-refractivity contribution in [3.63, 3.8) is 0 Å². The maximum absolute atomic E-state index is 12.2. The van der Waals surface area contributed by atoms with Crippen LogP contribution in [0.5, 0.6) is 0 Å². The van der Waals surface area contributed by atoms with Crippen molar-refractivity contribution in [1.82, 2.24) is 10.6 Å². The lowest BCUT2D eigenvalue weighted by Gasteiger charge is -2.26. The van der Waals surface area contributed by atoms with Crippen LogP contribution in [0, 0.1) is 11.3 Å². The third-order valence-corrected chi connectivity index (χ3v) is 3.61. The zero-order chi connectivity index (χ0) is 14.3. The molecule has 1 rings (SSSR count). The van der Waals surface area contributed by atoms with Crippen LogP contribution >= 0.6 is 0 Å². The van der Waals surface area contributed by atoms with Gasteiger partial charge < -0.3 is 20.1 Å². The first-order valence-electron chi connectivity index (χ1n) is 7.08. The third-order valence-electron chi connectivity index (χ3n) is 3.61. The second-order valence-corrected chi connectivity index (χ2v) is 5.93. The molecule has 0 aromatic rings. The second kappa shape index (κ2) is 7.82. The van der Waals surface area contributed by atoms with Gasteiger partial charge in [0.05, 0.1) is 19.1 Å². The third kappa shape index (κ3) is 5.47. The highest BCUT2D eigenvalue weighted by molar-refractivity contribution is 5.79. The molecule has 1 aliphatic rings. The van der Waals surface area contributed by atoms with Gasteiger partial charge in [0, 0.05) is 26.3 Å². The molecule has 1 fully saturated rings. The van der Waals surface area contributed by atoms with E-state index < -0.39 is 0 Å². The summed E-state index contributed by atoms with van der Waals surface area (Å²) in [5.41, 5.74) is 0.0544. The SMILES string of the molecule is CCNC1COCC1C(=O)NCC(C)(C)CCOC. The monoisotopic (exact) mass is 272 g/mol. The van der Waals surface area contributed by atoms with Crippen molar-refractivity contribution >= 4 is 5.91 Å². The van der Waals surface area contributed by atoms with Crippen LogP contribution in [-0.2, 0) is 14.3 Å². The summed E-state index contributed by atoms with van der Waals surface area (Å²) in [5, 5.41) is 6.35. The van der Waals surface area contributed by atoms with E-state index in [2.05, 4.69) is 24.5 Å². The Kier molecular flexibility index (Phi) is 6.75. The van der Waals surface area contributed by atoms with E-state index in [9.17, 15) is 4.79 Å². The lowest BCUT2D eigenvalue weighted by molar-refractivity contribution is -0.125. The minimum Gasteiger partial charge on any atom is -0.385 e. The van der Waals surface area contributed by atoms with E-state index in [-0.39, 0.29) is 23.3 Å². The number of hydrogen-bond donors (Lipinski definition) is 2. The van der Waals surface area contributed by atoms with Crippen molar-refractivity contribution in [2.45, 2.75) is 33.2 Å². The Bertz CT molecular complexity index is 282. The van der Waals surface area contributed by atoms with Crippen LogP contribution in [0.1, 0.15) is 27.2 Å². The smallest absolute Gasteiger partial charge is 0.227 e. The summed E-state index contributed by atoms with van der Waals surface area (Å²) in [7, 11) is 1.70. The molecule has 0 aromatic heterocycles. The predicted molar refractivity (Wildman–Crippen MR) is 75.1 cm³/mol. The van der Waals surface area contributed by atoms with Gasteiger partial charge in [-0.3, -0.25) is 4.79 Å². The van der Waals surface area contributed by atoms with Gasteiger partial charge in [0.2, 0.25) is 5.91 Å². The van der Waals surface area contributed by atoms with Crippen molar-refractivity contribution in [2.24, 2.45) is 11.3 Å². The fourth-order valence-corrected chi connectivity index (χ4v) is 2.20. The molecule has 0 aliphatic carbocycles. The topological polar surface area (TPSA) is 59.6 Å². The number of likely N-dealkylation sites (N-methyl/N-ethyl adjacent to an activating group) is 1. The van der Waals surface area contributed by atoms with E-state index in [0.717, 1.165) is 19.6 Å². The quantitative estimate of drug-likeness (QED) is 0.686. The van der Waals surface area contributed by atoms with Gasteiger partial charge in [-0.1, -0.05) is 20.8 Å². The van der Waals surface area contributed by atoms with Gasteiger partial charge in [0.15, 0.2) is 0 Å². The van der Waals surface area contributed by atoms with E-state index >= 15 is 0 Å². The maximum atomic E-state index is 12.2. The molecule has 0 bridgehead atoms. The molecule has 2 atom stereocenters. The molecule has 0 radical (unpaired) electrons. The van der Waals surface area contributed by atoms with Crippen molar-refractivity contribution < 1.29 is 14.3 Å². The average molecular weight is 272 g/mol. The summed E-state index contributed by atoms with van der Waals surface area (Å²) in [6, 6.07) is 0.145. The van der Waals surface area contributed by atoms with Gasteiger partial charge in [0.25, 0.3) is 0 Å². The number of amides is 1. The molecular formula is C14H28N2O3. The normalized spacial score (nSPS) is 23.6. The number of hydrogen-bond acceptors (Lipinski definition) is 4. The zero-order valence-corrected chi connectivity index (χ0v) is 12.6. The highest BCUT2D eigenvalue weighted by Crippen LogP contribution is 2.20. The Labute approximate surface area is 116 Å². The Morgan fingerprint density at radius 2 is 2.16 bits per heavy atom. The van der Waals surface area contributed by atoms with Crippen LogP contribution in [-0.4, -0.2) is 52.0 Å². The molecule has 2 unspecified atom stereocenters. The number of ether oxygens (including phenoxy) is 2. The van der Waals surface area contributed by atoms with Gasteiger partial charge in [-0.25, -0.2) is 0 Å². The lowest BCUT2D eigenvalue weighted by Crippen LogP contribution is -2.46. The minimum atomic E-state index is -0.0711. The summed E-state index contributed by atoms with van der Waals surface area (Å²) in [6.07, 6.45) is 0.932. The van der Waals surface area contributed by atoms with Crippen molar-refractivity contribution in [3.05, 3.63) is 0 Å². The van der Waals surface area contributed by atoms with Crippen LogP contribution in [0.2, 0.25) is 0 Å². The average Bonchev–Trinajstić information content (AvgIpc) is 2.82. The molecule has 0 spiro atoms. The molecule has 0 aromatic carbocycles. The fourth-order valence-electron chi connectivity index (χ4n) is 2.20. The summed E-state index contributed by atoms with van der Waals surface area (Å²) in [4.78, 5) is 12.2. The van der Waals surface area contributed by atoms with Gasteiger partial charge >= 0.3 is 0 Å². The number of nitrogens with one attached hydrogen (secondary N) is 2. The molecule has 112 valence electrons. The van der Waals surface area contributed by atoms with E-state index in [1.807, 2.05) is 6.92 Å². The van der Waals surface area contributed by atoms with E-state index in [1.165, 1.54) is 0 Å². The highest BCUT2D eigenvalue weighted by Gasteiger charge is 2.33. The van der Waals surface area contributed by atoms with Gasteiger partial charge in [-0.05, 0) is 18.4 Å². The number of rotatable bonds is 8. The van der Waals surface area contributed by atoms with Crippen LogP contribution < -0.4 is 10.6 Å². The van der Waals surface area contributed by atoms with Gasteiger partial charge in [-0.2, -0.15) is 0 Å². The molecule has 5 nitrogen and oxygen atoms in total. The maximum Gasteiger partial charge on any atom is 0.227 e. The molecule has 19 heavy (non-hydrogen) atoms. The summed E-state index contributed by atoms with van der Waals surface area (Å²) >= 11 is 0. The van der Waals surface area contributed by atoms with Crippen molar-refractivity contribution in [2.75, 3.05) is 40.0 Å². The first-order chi connectivity index (χ1) is 9.00. The molecule has 1 amide bonds. The minimum absolute atomic E-state index is 0.0544. The molecule has 1 aliphatic heterocycles. The number of methoxy groups -OCH3 is 1. The first kappa shape index (κ1) is 16.4. The van der Waals surface area contributed by atoms with E-state index in [1.54, 1.807) is 7.11 Å². The molecule has 1 saturated heterocycles. The van der Waals surface area contributed by atoms with Gasteiger partial charge in [0.1, 0.15) is 0 Å². The van der Waals surface area contributed by atoms with Crippen molar-refractivity contribution in [3.8, 4) is 0 Å². The molecule has 1 heterocycles. The van der Waals surface area contributed by atoms with Crippen LogP contribution in [0.25, 0.3) is 0 Å². The molecule has 0 saturated carbocycles. The molecular weight excluding hydrogens is 244 g/mol. The Hall–Kier alpha value is -0.650. The Morgan fingerprint density at radius 1 is 1.42 bits per heavy atom. The predicted octanol–water partition coefficient (Wildman–Crippen LogP) is 0.790. The second-order valence-electron chi connectivity index (χ2n) is 5.93. The standard InChI is InChI=1S/C14H28N2O3/c1-5-15-12-9-19-8-11(12)13(17)16-10-14(2,3)6-7-18-4/h11-12,15H,5-10H2,1-4H3,(H,16,17).